The van der Waals surface area contributed by atoms with Gasteiger partial charge in [-0.05, 0) is 50.0 Å². The Morgan fingerprint density at radius 3 is 2.28 bits per heavy atom. The third kappa shape index (κ3) is 2.88. The molecule has 2 fully saturated rings. The second-order valence-corrected chi connectivity index (χ2v) is 7.24. The highest BCUT2D eigenvalue weighted by Gasteiger charge is 2.42. The molecule has 2 aliphatic rings. The maximum atomic E-state index is 9.42. The Hall–Kier alpha value is -0.550. The Labute approximate surface area is 112 Å². The smallest absolute Gasteiger partial charge is 0.0672 e. The summed E-state index contributed by atoms with van der Waals surface area (Å²) in [5.74, 6) is 1.05. The molecule has 2 heteroatoms. The lowest BCUT2D eigenvalue weighted by Crippen LogP contribution is -2.47. The average Bonchev–Trinajstić information content (AvgIpc) is 3.13. The lowest BCUT2D eigenvalue weighted by Gasteiger charge is -2.44. The van der Waals surface area contributed by atoms with E-state index in [4.69, 9.17) is 0 Å². The predicted octanol–water partition coefficient (Wildman–Crippen LogP) is 3.83. The summed E-state index contributed by atoms with van der Waals surface area (Å²) in [5, 5.41) is 9.42. The van der Waals surface area contributed by atoms with E-state index in [2.05, 4.69) is 38.7 Å². The van der Waals surface area contributed by atoms with Crippen LogP contribution in [-0.4, -0.2) is 23.5 Å². The normalized spacial score (nSPS) is 33.4. The third-order valence-electron chi connectivity index (χ3n) is 5.01. The molecule has 0 aromatic rings. The van der Waals surface area contributed by atoms with Crippen molar-refractivity contribution < 1.29 is 0 Å². The van der Waals surface area contributed by atoms with Gasteiger partial charge in [-0.1, -0.05) is 27.7 Å². The predicted molar refractivity (Wildman–Crippen MR) is 75.1 cm³/mol. The van der Waals surface area contributed by atoms with E-state index in [1.165, 1.54) is 25.7 Å². The van der Waals surface area contributed by atoms with Crippen molar-refractivity contribution >= 4 is 0 Å². The quantitative estimate of drug-likeness (QED) is 0.759. The van der Waals surface area contributed by atoms with Crippen LogP contribution in [0.1, 0.15) is 59.8 Å². The van der Waals surface area contributed by atoms with Crippen LogP contribution >= 0.6 is 0 Å². The molecule has 2 aliphatic carbocycles. The molecule has 0 spiro atoms. The average molecular weight is 248 g/mol. The lowest BCUT2D eigenvalue weighted by atomic mass is 9.67. The Kier molecular flexibility index (Phi) is 4.02. The molecule has 18 heavy (non-hydrogen) atoms. The van der Waals surface area contributed by atoms with Crippen LogP contribution in [0.4, 0.5) is 0 Å². The van der Waals surface area contributed by atoms with Gasteiger partial charge in [-0.2, -0.15) is 5.26 Å². The second-order valence-electron chi connectivity index (χ2n) is 7.24. The fourth-order valence-electron chi connectivity index (χ4n) is 3.62. The van der Waals surface area contributed by atoms with E-state index in [9.17, 15) is 5.26 Å². The molecule has 0 aliphatic heterocycles. The van der Waals surface area contributed by atoms with E-state index in [1.807, 2.05) is 0 Å². The Morgan fingerprint density at radius 2 is 1.83 bits per heavy atom. The van der Waals surface area contributed by atoms with Crippen LogP contribution in [0.25, 0.3) is 0 Å². The largest absolute Gasteiger partial charge is 0.296 e. The summed E-state index contributed by atoms with van der Waals surface area (Å²) < 4.78 is 0. The van der Waals surface area contributed by atoms with Crippen LogP contribution in [0.5, 0.6) is 0 Å². The molecular weight excluding hydrogens is 220 g/mol. The Morgan fingerprint density at radius 1 is 1.17 bits per heavy atom. The van der Waals surface area contributed by atoms with E-state index in [1.54, 1.807) is 0 Å². The molecular formula is C16H28N2. The molecule has 0 amide bonds. The first-order chi connectivity index (χ1) is 8.47. The van der Waals surface area contributed by atoms with Gasteiger partial charge in [-0.25, -0.2) is 0 Å². The van der Waals surface area contributed by atoms with Gasteiger partial charge in [0.15, 0.2) is 0 Å². The van der Waals surface area contributed by atoms with Crippen LogP contribution < -0.4 is 0 Å². The number of nitrogens with zero attached hydrogens (tertiary/aromatic N) is 2. The zero-order valence-corrected chi connectivity index (χ0v) is 12.4. The fraction of sp³-hybridized carbons (Fsp3) is 0.938. The van der Waals surface area contributed by atoms with Crippen molar-refractivity contribution in [2.45, 2.75) is 71.9 Å². The highest BCUT2D eigenvalue weighted by molar-refractivity contribution is 5.02. The highest BCUT2D eigenvalue weighted by atomic mass is 15.2. The molecule has 0 N–H and O–H groups in total. The summed E-state index contributed by atoms with van der Waals surface area (Å²) in [6, 6.07) is 3.89. The molecule has 2 nitrogen and oxygen atoms in total. The maximum absolute atomic E-state index is 9.42. The third-order valence-corrected chi connectivity index (χ3v) is 5.01. The van der Waals surface area contributed by atoms with Gasteiger partial charge in [0.2, 0.25) is 0 Å². The molecule has 3 atom stereocenters. The number of nitriles is 1. The first-order valence-corrected chi connectivity index (χ1v) is 7.62. The van der Waals surface area contributed by atoms with Crippen LogP contribution in [0.2, 0.25) is 0 Å². The summed E-state index contributed by atoms with van der Waals surface area (Å²) in [6.45, 7) is 10.4. The van der Waals surface area contributed by atoms with Gasteiger partial charge < -0.3 is 0 Å². The molecule has 3 unspecified atom stereocenters. The molecule has 0 saturated heterocycles. The fourth-order valence-corrected chi connectivity index (χ4v) is 3.62. The van der Waals surface area contributed by atoms with Crippen LogP contribution in [0.3, 0.4) is 0 Å². The molecule has 2 saturated carbocycles. The summed E-state index contributed by atoms with van der Waals surface area (Å²) in [4.78, 5) is 2.63. The molecule has 0 bridgehead atoms. The standard InChI is InChI=1S/C16H28N2/c1-5-18(14-8-9-14)15-10-13(16(2,3)4)7-6-12(15)11-17/h12-15H,5-10H2,1-4H3. The van der Waals surface area contributed by atoms with E-state index in [-0.39, 0.29) is 5.92 Å². The summed E-state index contributed by atoms with van der Waals surface area (Å²) >= 11 is 0. The number of rotatable bonds is 3. The Bertz CT molecular complexity index is 319. The molecule has 0 aromatic heterocycles. The monoisotopic (exact) mass is 248 g/mol. The van der Waals surface area contributed by atoms with E-state index < -0.39 is 0 Å². The lowest BCUT2D eigenvalue weighted by molar-refractivity contribution is 0.0585. The van der Waals surface area contributed by atoms with E-state index in [0.717, 1.165) is 24.9 Å². The summed E-state index contributed by atoms with van der Waals surface area (Å²) in [7, 11) is 0. The molecule has 102 valence electrons. The summed E-state index contributed by atoms with van der Waals surface area (Å²) in [6.07, 6.45) is 6.27. The second kappa shape index (κ2) is 5.21. The van der Waals surface area contributed by atoms with E-state index >= 15 is 0 Å². The van der Waals surface area contributed by atoms with Crippen molar-refractivity contribution in [2.75, 3.05) is 6.54 Å². The van der Waals surface area contributed by atoms with Crippen LogP contribution in [-0.2, 0) is 0 Å². The van der Waals surface area contributed by atoms with Gasteiger partial charge >= 0.3 is 0 Å². The van der Waals surface area contributed by atoms with Gasteiger partial charge in [-0.15, -0.1) is 0 Å². The molecule has 0 radical (unpaired) electrons. The minimum atomic E-state index is 0.268. The highest BCUT2D eigenvalue weighted by Crippen LogP contribution is 2.43. The van der Waals surface area contributed by atoms with Gasteiger partial charge in [0.05, 0.1) is 12.0 Å². The van der Waals surface area contributed by atoms with Gasteiger partial charge in [0, 0.05) is 12.1 Å². The van der Waals surface area contributed by atoms with E-state index in [0.29, 0.717) is 11.5 Å². The van der Waals surface area contributed by atoms with Crippen molar-refractivity contribution in [3.63, 3.8) is 0 Å². The molecule has 0 heterocycles. The van der Waals surface area contributed by atoms with Crippen molar-refractivity contribution in [1.82, 2.24) is 4.90 Å². The van der Waals surface area contributed by atoms with Crippen molar-refractivity contribution in [2.24, 2.45) is 17.3 Å². The zero-order valence-electron chi connectivity index (χ0n) is 12.4. The molecule has 2 rings (SSSR count). The SMILES string of the molecule is CCN(C1CC1)C1CC(C(C)(C)C)CCC1C#N. The van der Waals surface area contributed by atoms with Gasteiger partial charge in [0.25, 0.3) is 0 Å². The van der Waals surface area contributed by atoms with Crippen LogP contribution in [0.15, 0.2) is 0 Å². The van der Waals surface area contributed by atoms with Crippen molar-refractivity contribution in [1.29, 1.82) is 5.26 Å². The van der Waals surface area contributed by atoms with Crippen molar-refractivity contribution in [3.05, 3.63) is 0 Å². The zero-order chi connectivity index (χ0) is 13.3. The number of hydrogen-bond acceptors (Lipinski definition) is 2. The Balaban J connectivity index is 2.10. The minimum absolute atomic E-state index is 0.268. The maximum Gasteiger partial charge on any atom is 0.0672 e. The first-order valence-electron chi connectivity index (χ1n) is 7.62. The van der Waals surface area contributed by atoms with Gasteiger partial charge in [0.1, 0.15) is 0 Å². The minimum Gasteiger partial charge on any atom is -0.296 e. The topological polar surface area (TPSA) is 27.0 Å². The van der Waals surface area contributed by atoms with Crippen molar-refractivity contribution in [3.8, 4) is 6.07 Å². The number of hydrogen-bond donors (Lipinski definition) is 0. The first kappa shape index (κ1) is 13.9. The van der Waals surface area contributed by atoms with Crippen LogP contribution in [0, 0.1) is 28.6 Å². The summed E-state index contributed by atoms with van der Waals surface area (Å²) in [5.41, 5.74) is 0.391. The van der Waals surface area contributed by atoms with Gasteiger partial charge in [-0.3, -0.25) is 4.90 Å². The molecule has 0 aromatic carbocycles.